The first kappa shape index (κ1) is 23.3. The van der Waals surface area contributed by atoms with Crippen LogP contribution >= 0.6 is 0 Å². The third kappa shape index (κ3) is 4.36. The first-order valence-corrected chi connectivity index (χ1v) is 11.7. The molecular weight excluding hydrogens is 455 g/mol. The van der Waals surface area contributed by atoms with Gasteiger partial charge in [0.25, 0.3) is 6.43 Å². The molecule has 1 saturated heterocycles. The Bertz CT molecular complexity index is 1310. The molecule has 0 radical (unpaired) electrons. The highest BCUT2D eigenvalue weighted by atomic mass is 19.3. The molecule has 1 N–H and O–H groups in total. The molecule has 0 unspecified atom stereocenters. The molecule has 10 heteroatoms. The molecule has 1 aliphatic heterocycles. The van der Waals surface area contributed by atoms with Gasteiger partial charge in [-0.25, -0.2) is 28.1 Å². The Hall–Kier alpha value is -3.45. The molecular formula is C25H26F3N7. The number of rotatable bonds is 6. The Labute approximate surface area is 201 Å². The van der Waals surface area contributed by atoms with Crippen LogP contribution < -0.4 is 10.2 Å². The number of nitrogens with one attached hydrogen (secondary N) is 1. The second kappa shape index (κ2) is 8.96. The van der Waals surface area contributed by atoms with Crippen molar-refractivity contribution < 1.29 is 13.2 Å². The first-order chi connectivity index (χ1) is 16.8. The molecule has 1 saturated carbocycles. The van der Waals surface area contributed by atoms with Crippen LogP contribution in [0.5, 0.6) is 0 Å². The molecule has 7 nitrogen and oxygen atoms in total. The van der Waals surface area contributed by atoms with Gasteiger partial charge < -0.3 is 15.1 Å². The topological polar surface area (TPSA) is 81.0 Å². The number of anilines is 2. The minimum absolute atomic E-state index is 0.0309. The molecule has 1 aromatic carbocycles. The number of likely N-dealkylation sites (N-methyl/N-ethyl adjacent to an activating group) is 1. The number of hydrogen-bond donors (Lipinski definition) is 1. The smallest absolute Gasteiger partial charge is 0.266 e. The number of aryl methyl sites for hydroxylation is 1. The van der Waals surface area contributed by atoms with E-state index in [1.165, 1.54) is 12.1 Å². The van der Waals surface area contributed by atoms with Crippen LogP contribution in [0, 0.1) is 24.1 Å². The molecule has 2 fully saturated rings. The number of nitriles is 1. The highest BCUT2D eigenvalue weighted by Crippen LogP contribution is 2.51. The molecule has 2 aliphatic rings. The lowest BCUT2D eigenvalue weighted by Crippen LogP contribution is -2.45. The molecule has 5 rings (SSSR count). The van der Waals surface area contributed by atoms with Crippen LogP contribution in [0.25, 0.3) is 11.0 Å². The molecule has 0 atom stereocenters. The maximum Gasteiger partial charge on any atom is 0.266 e. The molecule has 2 aromatic heterocycles. The standard InChI is InChI=1S/C25H26F3N7/c1-15-31-22(30-13-16-4-3-5-17(20(16)26)21(27)28)18-12-19(25(14-29)6-7-25)24(33-23(18)32-15)35-10-8-34(2)9-11-35/h3-5,12,21H,6-11,13H2,1-2H3,(H,30,31,32,33). The lowest BCUT2D eigenvalue weighted by Gasteiger charge is -2.35. The summed E-state index contributed by atoms with van der Waals surface area (Å²) in [4.78, 5) is 18.4. The van der Waals surface area contributed by atoms with Crippen molar-refractivity contribution in [1.29, 1.82) is 5.26 Å². The van der Waals surface area contributed by atoms with Gasteiger partial charge in [-0.1, -0.05) is 18.2 Å². The van der Waals surface area contributed by atoms with Crippen LogP contribution in [-0.4, -0.2) is 53.1 Å². The van der Waals surface area contributed by atoms with Crippen molar-refractivity contribution >= 4 is 22.7 Å². The number of benzene rings is 1. The maximum absolute atomic E-state index is 14.6. The van der Waals surface area contributed by atoms with Gasteiger partial charge in [0.05, 0.1) is 22.4 Å². The van der Waals surface area contributed by atoms with Crippen LogP contribution in [0.15, 0.2) is 24.3 Å². The van der Waals surface area contributed by atoms with Crippen LogP contribution in [0.1, 0.15) is 41.8 Å². The summed E-state index contributed by atoms with van der Waals surface area (Å²) in [6.07, 6.45) is -1.37. The number of halogens is 3. The molecule has 35 heavy (non-hydrogen) atoms. The van der Waals surface area contributed by atoms with Crippen LogP contribution in [-0.2, 0) is 12.0 Å². The highest BCUT2D eigenvalue weighted by Gasteiger charge is 2.48. The van der Waals surface area contributed by atoms with Crippen LogP contribution in [0.4, 0.5) is 24.8 Å². The van der Waals surface area contributed by atoms with Gasteiger partial charge >= 0.3 is 0 Å². The summed E-state index contributed by atoms with van der Waals surface area (Å²) in [6.45, 7) is 5.12. The third-order valence-corrected chi connectivity index (χ3v) is 6.85. The van der Waals surface area contributed by atoms with Gasteiger partial charge in [-0.15, -0.1) is 0 Å². The van der Waals surface area contributed by atoms with Crippen LogP contribution in [0.2, 0.25) is 0 Å². The average molecular weight is 482 g/mol. The molecule has 3 aromatic rings. The van der Waals surface area contributed by atoms with Crippen molar-refractivity contribution in [2.45, 2.75) is 38.2 Å². The zero-order chi connectivity index (χ0) is 24.7. The fourth-order valence-electron chi connectivity index (χ4n) is 4.55. The van der Waals surface area contributed by atoms with Crippen molar-refractivity contribution in [3.05, 3.63) is 52.6 Å². The molecule has 3 heterocycles. The zero-order valence-electron chi connectivity index (χ0n) is 19.7. The van der Waals surface area contributed by atoms with E-state index in [0.29, 0.717) is 22.7 Å². The van der Waals surface area contributed by atoms with Gasteiger partial charge in [0.15, 0.2) is 5.65 Å². The van der Waals surface area contributed by atoms with Gasteiger partial charge in [0, 0.05) is 43.9 Å². The third-order valence-electron chi connectivity index (χ3n) is 6.85. The van der Waals surface area contributed by atoms with E-state index in [2.05, 4.69) is 38.2 Å². The van der Waals surface area contributed by atoms with Crippen LogP contribution in [0.3, 0.4) is 0 Å². The summed E-state index contributed by atoms with van der Waals surface area (Å²) >= 11 is 0. The number of piperazine rings is 1. The van der Waals surface area contributed by atoms with Gasteiger partial charge in [-0.05, 0) is 32.9 Å². The van der Waals surface area contributed by atoms with E-state index in [0.717, 1.165) is 56.5 Å². The number of fused-ring (bicyclic) bond motifs is 1. The van der Waals surface area contributed by atoms with E-state index in [-0.39, 0.29) is 12.1 Å². The fraction of sp³-hybridized carbons (Fsp3) is 0.440. The summed E-state index contributed by atoms with van der Waals surface area (Å²) in [5.74, 6) is 0.765. The second-order valence-electron chi connectivity index (χ2n) is 9.31. The Morgan fingerprint density at radius 1 is 1.14 bits per heavy atom. The van der Waals surface area contributed by atoms with Crippen molar-refractivity contribution in [2.24, 2.45) is 0 Å². The summed E-state index contributed by atoms with van der Waals surface area (Å²) in [5, 5.41) is 13.7. The average Bonchev–Trinajstić information content (AvgIpc) is 3.64. The Morgan fingerprint density at radius 2 is 1.89 bits per heavy atom. The molecule has 182 valence electrons. The van der Waals surface area contributed by atoms with Gasteiger partial charge in [0.2, 0.25) is 0 Å². The van der Waals surface area contributed by atoms with Crippen molar-refractivity contribution in [1.82, 2.24) is 19.9 Å². The minimum Gasteiger partial charge on any atom is -0.365 e. The van der Waals surface area contributed by atoms with Gasteiger partial charge in [0.1, 0.15) is 23.3 Å². The fourth-order valence-corrected chi connectivity index (χ4v) is 4.55. The number of aromatic nitrogens is 3. The quantitative estimate of drug-likeness (QED) is 0.561. The van der Waals surface area contributed by atoms with E-state index in [9.17, 15) is 18.4 Å². The summed E-state index contributed by atoms with van der Waals surface area (Å²) in [6, 6.07) is 8.37. The van der Waals surface area contributed by atoms with E-state index in [4.69, 9.17) is 4.98 Å². The molecule has 0 amide bonds. The SMILES string of the molecule is Cc1nc(NCc2cccc(C(F)F)c2F)c2cc(C3(C#N)CC3)c(N3CCN(C)CC3)nc2n1. The summed E-state index contributed by atoms with van der Waals surface area (Å²) < 4.78 is 40.8. The van der Waals surface area contributed by atoms with Gasteiger partial charge in [-0.3, -0.25) is 0 Å². The Balaban J connectivity index is 1.55. The Morgan fingerprint density at radius 3 is 2.54 bits per heavy atom. The normalized spacial score (nSPS) is 17.6. The lowest BCUT2D eigenvalue weighted by molar-refractivity contribution is 0.146. The summed E-state index contributed by atoms with van der Waals surface area (Å²) in [7, 11) is 2.08. The van der Waals surface area contributed by atoms with Crippen molar-refractivity contribution in [3.8, 4) is 6.07 Å². The molecule has 0 bridgehead atoms. The number of alkyl halides is 2. The zero-order valence-corrected chi connectivity index (χ0v) is 19.7. The van der Waals surface area contributed by atoms with Crippen molar-refractivity contribution in [2.75, 3.05) is 43.4 Å². The predicted octanol–water partition coefficient (Wildman–Crippen LogP) is 4.33. The number of nitrogens with zero attached hydrogens (tertiary/aromatic N) is 6. The predicted molar refractivity (Wildman–Crippen MR) is 127 cm³/mol. The maximum atomic E-state index is 14.6. The van der Waals surface area contributed by atoms with E-state index in [1.807, 2.05) is 6.07 Å². The second-order valence-corrected chi connectivity index (χ2v) is 9.31. The van der Waals surface area contributed by atoms with Crippen molar-refractivity contribution in [3.63, 3.8) is 0 Å². The lowest BCUT2D eigenvalue weighted by atomic mass is 9.96. The van der Waals surface area contributed by atoms with Gasteiger partial charge in [-0.2, -0.15) is 5.26 Å². The summed E-state index contributed by atoms with van der Waals surface area (Å²) in [5.41, 5.74) is 0.245. The molecule has 1 aliphatic carbocycles. The largest absolute Gasteiger partial charge is 0.365 e. The highest BCUT2D eigenvalue weighted by molar-refractivity contribution is 5.89. The number of pyridine rings is 1. The van der Waals surface area contributed by atoms with E-state index in [1.54, 1.807) is 6.92 Å². The first-order valence-electron chi connectivity index (χ1n) is 11.7. The number of hydrogen-bond acceptors (Lipinski definition) is 7. The monoisotopic (exact) mass is 481 g/mol. The Kier molecular flexibility index (Phi) is 5.97. The molecule has 0 spiro atoms. The minimum atomic E-state index is -2.89. The van der Waals surface area contributed by atoms with E-state index < -0.39 is 23.2 Å². The van der Waals surface area contributed by atoms with E-state index >= 15 is 0 Å².